The molecule has 2 atom stereocenters. The van der Waals surface area contributed by atoms with Gasteiger partial charge in [-0.2, -0.15) is 0 Å². The van der Waals surface area contributed by atoms with Gasteiger partial charge in [-0.25, -0.2) is 12.4 Å². The highest BCUT2D eigenvalue weighted by Gasteiger charge is 2.45. The molecule has 0 bridgehead atoms. The molecule has 2 heterocycles. The number of benzene rings is 1. The Labute approximate surface area is 243 Å². The van der Waals surface area contributed by atoms with Crippen molar-refractivity contribution in [1.29, 1.82) is 0 Å². The van der Waals surface area contributed by atoms with Crippen molar-refractivity contribution >= 4 is 29.2 Å². The second kappa shape index (κ2) is 12.3. The van der Waals surface area contributed by atoms with Gasteiger partial charge in [0, 0.05) is 18.2 Å². The predicted octanol–water partition coefficient (Wildman–Crippen LogP) is 8.01. The Hall–Kier alpha value is -1.71. The maximum absolute atomic E-state index is 14.0. The molecule has 1 aromatic heterocycles. The van der Waals surface area contributed by atoms with Crippen molar-refractivity contribution in [2.75, 3.05) is 13.2 Å². The van der Waals surface area contributed by atoms with Crippen molar-refractivity contribution in [1.82, 2.24) is 3.97 Å². The van der Waals surface area contributed by atoms with E-state index < -0.39 is 23.1 Å². The first kappa shape index (κ1) is 31.2. The zero-order valence-corrected chi connectivity index (χ0v) is 27.5. The number of rotatable bonds is 11. The van der Waals surface area contributed by atoms with Crippen LogP contribution in [0.3, 0.4) is 0 Å². The van der Waals surface area contributed by atoms with Gasteiger partial charge < -0.3 is 13.9 Å². The van der Waals surface area contributed by atoms with Crippen LogP contribution in [0.5, 0.6) is 0 Å². The molecule has 2 aliphatic rings. The summed E-state index contributed by atoms with van der Waals surface area (Å²) in [6.07, 6.45) is 10.7. The van der Waals surface area contributed by atoms with Gasteiger partial charge in [0.15, 0.2) is 6.29 Å². The minimum absolute atomic E-state index is 0.163. The molecule has 2 unspecified atom stereocenters. The molecule has 0 N–H and O–H groups in total. The monoisotopic (exact) mass is 587 g/mol. The summed E-state index contributed by atoms with van der Waals surface area (Å²) in [7, 11) is -5.72. The van der Waals surface area contributed by atoms with E-state index in [1.54, 1.807) is 13.1 Å². The van der Waals surface area contributed by atoms with Crippen LogP contribution < -0.4 is 0 Å². The molecule has 0 spiro atoms. The number of aromatic nitrogens is 1. The van der Waals surface area contributed by atoms with Crippen LogP contribution in [-0.4, -0.2) is 45.0 Å². The molecule has 1 aromatic carbocycles. The van der Waals surface area contributed by atoms with Gasteiger partial charge in [-0.1, -0.05) is 65.8 Å². The number of nitrogens with zero attached hydrogens (tertiary/aromatic N) is 1. The van der Waals surface area contributed by atoms with Crippen molar-refractivity contribution < 1.29 is 22.3 Å². The van der Waals surface area contributed by atoms with Gasteiger partial charge in [-0.15, -0.1) is 0 Å². The fraction of sp³-hybridized carbons (Fsp3) is 0.625. The third kappa shape index (κ3) is 5.93. The summed E-state index contributed by atoms with van der Waals surface area (Å²) in [5.41, 5.74) is 5.29. The molecule has 222 valence electrons. The highest BCUT2D eigenvalue weighted by molar-refractivity contribution is 7.91. The van der Waals surface area contributed by atoms with Gasteiger partial charge in [-0.3, -0.25) is 0 Å². The molecule has 0 saturated carbocycles. The predicted molar refractivity (Wildman–Crippen MR) is 167 cm³/mol. The molecule has 1 saturated heterocycles. The lowest BCUT2D eigenvalue weighted by molar-refractivity contribution is -0.156. The molecule has 2 aromatic rings. The molecule has 8 heteroatoms. The lowest BCUT2D eigenvalue weighted by Gasteiger charge is -2.42. The Bertz CT molecular complexity index is 1330. The van der Waals surface area contributed by atoms with E-state index in [-0.39, 0.29) is 6.29 Å². The van der Waals surface area contributed by atoms with Crippen LogP contribution in [0.15, 0.2) is 48.2 Å². The summed E-state index contributed by atoms with van der Waals surface area (Å²) >= 11 is 0. The van der Waals surface area contributed by atoms with Gasteiger partial charge in [0.05, 0.1) is 18.7 Å². The quantitative estimate of drug-likeness (QED) is 0.249. The fourth-order valence-corrected chi connectivity index (χ4v) is 13.9. The topological polar surface area (TPSA) is 66.8 Å². The number of hydrogen-bond donors (Lipinski definition) is 0. The standard InChI is InChI=1S/C32H49NO5SSi/c1-23(2)40(24(3)4,25(5)6)38-22-28-19-26(7)31-29(20-28)14-17-33(31)39(34,35)32(8)15-12-27(13-16-32)21-37-30-11-9-10-18-36-30/h12-15,17,19-20,23-25,30H,9-11,16,18,21-22H2,1-8H3. The summed E-state index contributed by atoms with van der Waals surface area (Å²) in [6, 6.07) is 6.10. The number of allylic oxidation sites excluding steroid dienone is 1. The molecule has 1 aliphatic carbocycles. The summed E-state index contributed by atoms with van der Waals surface area (Å²) < 4.78 is 46.9. The molecule has 0 amide bonds. The molecular weight excluding hydrogens is 539 g/mol. The molecule has 1 fully saturated rings. The maximum Gasteiger partial charge on any atom is 0.248 e. The number of aryl methyl sites for hydroxylation is 1. The molecular formula is C32H49NO5SSi. The van der Waals surface area contributed by atoms with Crippen molar-refractivity contribution in [3.8, 4) is 0 Å². The van der Waals surface area contributed by atoms with Crippen LogP contribution in [0.25, 0.3) is 10.9 Å². The lowest BCUT2D eigenvalue weighted by Crippen LogP contribution is -2.47. The first-order valence-corrected chi connectivity index (χ1v) is 18.5. The number of hydrogen-bond acceptors (Lipinski definition) is 5. The van der Waals surface area contributed by atoms with E-state index in [1.165, 1.54) is 3.97 Å². The highest BCUT2D eigenvalue weighted by atomic mass is 32.2. The normalized spacial score (nSPS) is 22.6. The summed E-state index contributed by atoms with van der Waals surface area (Å²) in [5.74, 6) is 0. The first-order chi connectivity index (χ1) is 18.8. The van der Waals surface area contributed by atoms with Crippen LogP contribution in [-0.2, 0) is 30.5 Å². The Morgan fingerprint density at radius 1 is 1.07 bits per heavy atom. The smallest absolute Gasteiger partial charge is 0.248 e. The van der Waals surface area contributed by atoms with E-state index in [9.17, 15) is 8.42 Å². The average molecular weight is 588 g/mol. The molecule has 1 aliphatic heterocycles. The van der Waals surface area contributed by atoms with E-state index in [0.717, 1.165) is 53.5 Å². The van der Waals surface area contributed by atoms with Crippen LogP contribution in [0, 0.1) is 6.92 Å². The van der Waals surface area contributed by atoms with Crippen molar-refractivity contribution in [3.63, 3.8) is 0 Å². The highest BCUT2D eigenvalue weighted by Crippen LogP contribution is 2.43. The second-order valence-corrected chi connectivity index (χ2v) is 20.5. The largest absolute Gasteiger partial charge is 0.412 e. The zero-order chi connectivity index (χ0) is 29.3. The Balaban J connectivity index is 1.53. The van der Waals surface area contributed by atoms with Gasteiger partial charge in [0.25, 0.3) is 0 Å². The minimum Gasteiger partial charge on any atom is -0.412 e. The summed E-state index contributed by atoms with van der Waals surface area (Å²) in [5, 5.41) is 0.925. The van der Waals surface area contributed by atoms with Crippen LogP contribution in [0.2, 0.25) is 16.6 Å². The van der Waals surface area contributed by atoms with E-state index >= 15 is 0 Å². The molecule has 0 radical (unpaired) electrons. The third-order valence-corrected chi connectivity index (χ3v) is 17.4. The fourth-order valence-electron chi connectivity index (χ4n) is 6.83. The van der Waals surface area contributed by atoms with Gasteiger partial charge >= 0.3 is 0 Å². The van der Waals surface area contributed by atoms with Crippen molar-refractivity contribution in [2.45, 2.75) is 115 Å². The average Bonchev–Trinajstić information content (AvgIpc) is 3.34. The van der Waals surface area contributed by atoms with Gasteiger partial charge in [0.2, 0.25) is 18.3 Å². The molecule has 6 nitrogen and oxygen atoms in total. The Morgan fingerprint density at radius 2 is 1.77 bits per heavy atom. The minimum atomic E-state index is -3.71. The number of fused-ring (bicyclic) bond motifs is 1. The van der Waals surface area contributed by atoms with Crippen LogP contribution in [0.4, 0.5) is 0 Å². The molecule has 40 heavy (non-hydrogen) atoms. The van der Waals surface area contributed by atoms with Crippen LogP contribution >= 0.6 is 0 Å². The SMILES string of the molecule is Cc1cc(CO[Si](C(C)C)(C(C)C)C(C)C)cc2ccn(S(=O)(=O)C3(C)C=CC(COC4CCCCO4)=CC3)c12. The summed E-state index contributed by atoms with van der Waals surface area (Å²) in [4.78, 5) is 0. The Morgan fingerprint density at radius 3 is 2.35 bits per heavy atom. The number of ether oxygens (including phenoxy) is 2. The summed E-state index contributed by atoms with van der Waals surface area (Å²) in [6.45, 7) is 19.3. The van der Waals surface area contributed by atoms with E-state index in [0.29, 0.717) is 36.3 Å². The van der Waals surface area contributed by atoms with E-state index in [1.807, 2.05) is 31.2 Å². The zero-order valence-electron chi connectivity index (χ0n) is 25.7. The van der Waals surface area contributed by atoms with Crippen LogP contribution in [0.1, 0.15) is 85.3 Å². The maximum atomic E-state index is 14.0. The van der Waals surface area contributed by atoms with Crippen molar-refractivity contribution in [2.24, 2.45) is 0 Å². The first-order valence-electron chi connectivity index (χ1n) is 14.9. The Kier molecular flexibility index (Phi) is 9.57. The van der Waals surface area contributed by atoms with Crippen molar-refractivity contribution in [3.05, 3.63) is 59.3 Å². The third-order valence-electron chi connectivity index (χ3n) is 9.04. The lowest BCUT2D eigenvalue weighted by atomic mass is 9.98. The van der Waals surface area contributed by atoms with E-state index in [2.05, 4.69) is 53.7 Å². The van der Waals surface area contributed by atoms with Gasteiger partial charge in [-0.05, 0) is 85.0 Å². The molecule has 4 rings (SSSR count). The van der Waals surface area contributed by atoms with E-state index in [4.69, 9.17) is 13.9 Å². The second-order valence-electron chi connectivity index (χ2n) is 12.8. The van der Waals surface area contributed by atoms with Gasteiger partial charge in [0.1, 0.15) is 4.75 Å².